The molecule has 1 aromatic carbocycles. The molecule has 3 aromatic rings. The molecule has 0 spiro atoms. The summed E-state index contributed by atoms with van der Waals surface area (Å²) in [6.45, 7) is 1.47. The van der Waals surface area contributed by atoms with Crippen LogP contribution >= 0.6 is 11.3 Å². The van der Waals surface area contributed by atoms with Crippen molar-refractivity contribution >= 4 is 33.3 Å². The number of aromatic nitrogens is 2. The Balaban J connectivity index is 1.59. The summed E-state index contributed by atoms with van der Waals surface area (Å²) >= 11 is 1.25. The number of halogens is 1. The van der Waals surface area contributed by atoms with Gasteiger partial charge in [0, 0.05) is 30.8 Å². The number of nitrogens with one attached hydrogen (secondary N) is 1. The minimum atomic E-state index is -0.516. The molecule has 7 heteroatoms. The number of carbonyl (C=O) groups is 1. The number of benzene rings is 1. The third kappa shape index (κ3) is 3.38. The first-order valence-electron chi connectivity index (χ1n) is 8.11. The normalized spacial score (nSPS) is 15.4. The van der Waals surface area contributed by atoms with Gasteiger partial charge in [0.05, 0.1) is 10.4 Å². The maximum Gasteiger partial charge on any atom is 0.224 e. The molecular weight excluding hydrogens is 341 g/mol. The van der Waals surface area contributed by atoms with Gasteiger partial charge in [0.15, 0.2) is 0 Å². The van der Waals surface area contributed by atoms with Gasteiger partial charge in [0.25, 0.3) is 0 Å². The fraction of sp³-hybridized carbons (Fsp3) is 0.278. The zero-order valence-electron chi connectivity index (χ0n) is 13.4. The molecule has 3 heterocycles. The van der Waals surface area contributed by atoms with E-state index in [0.717, 1.165) is 31.4 Å². The van der Waals surface area contributed by atoms with Crippen molar-refractivity contribution in [2.24, 2.45) is 0 Å². The number of thiophene rings is 1. The second-order valence-electron chi connectivity index (χ2n) is 5.90. The number of carbonyl (C=O) groups excluding carboxylic acids is 1. The largest absolute Gasteiger partial charge is 0.381 e. The summed E-state index contributed by atoms with van der Waals surface area (Å²) in [7, 11) is 0. The molecular formula is C18H16FN3O2S. The molecule has 0 atom stereocenters. The quantitative estimate of drug-likeness (QED) is 0.722. The van der Waals surface area contributed by atoms with Crippen LogP contribution in [0.3, 0.4) is 0 Å². The minimum Gasteiger partial charge on any atom is -0.381 e. The van der Waals surface area contributed by atoms with Crippen LogP contribution in [0, 0.1) is 5.82 Å². The van der Waals surface area contributed by atoms with E-state index in [1.54, 1.807) is 24.4 Å². The summed E-state index contributed by atoms with van der Waals surface area (Å²) in [6, 6.07) is 8.01. The van der Waals surface area contributed by atoms with Crippen molar-refractivity contribution < 1.29 is 13.9 Å². The molecule has 2 aromatic heterocycles. The van der Waals surface area contributed by atoms with Crippen LogP contribution in [-0.4, -0.2) is 35.0 Å². The predicted molar refractivity (Wildman–Crippen MR) is 94.7 cm³/mol. The lowest BCUT2D eigenvalue weighted by atomic mass is 10.1. The second kappa shape index (κ2) is 6.85. The Morgan fingerprint density at radius 1 is 1.28 bits per heavy atom. The Bertz CT molecular complexity index is 922. The molecule has 0 unspecified atom stereocenters. The highest BCUT2D eigenvalue weighted by atomic mass is 32.1. The summed E-state index contributed by atoms with van der Waals surface area (Å²) in [5, 5.41) is 4.09. The van der Waals surface area contributed by atoms with Crippen LogP contribution in [-0.2, 0) is 4.74 Å². The van der Waals surface area contributed by atoms with Crippen LogP contribution < -0.4 is 5.32 Å². The molecule has 0 radical (unpaired) electrons. The number of nitrogens with zero attached hydrogens (tertiary/aromatic N) is 2. The van der Waals surface area contributed by atoms with Crippen molar-refractivity contribution in [3.63, 3.8) is 0 Å². The van der Waals surface area contributed by atoms with Crippen LogP contribution in [0.15, 0.2) is 36.5 Å². The summed E-state index contributed by atoms with van der Waals surface area (Å²) < 4.78 is 19.2. The van der Waals surface area contributed by atoms with Gasteiger partial charge in [-0.1, -0.05) is 12.1 Å². The zero-order valence-corrected chi connectivity index (χ0v) is 14.2. The first-order chi connectivity index (χ1) is 12.2. The average Bonchev–Trinajstić information content (AvgIpc) is 3.06. The van der Waals surface area contributed by atoms with Gasteiger partial charge in [-0.2, -0.15) is 0 Å². The monoisotopic (exact) mass is 357 g/mol. The second-order valence-corrected chi connectivity index (χ2v) is 6.94. The van der Waals surface area contributed by atoms with Crippen molar-refractivity contribution in [1.29, 1.82) is 0 Å². The van der Waals surface area contributed by atoms with E-state index in [1.807, 2.05) is 0 Å². The lowest BCUT2D eigenvalue weighted by Gasteiger charge is -2.22. The van der Waals surface area contributed by atoms with E-state index in [0.29, 0.717) is 21.7 Å². The van der Waals surface area contributed by atoms with Crippen molar-refractivity contribution in [2.75, 3.05) is 18.5 Å². The van der Waals surface area contributed by atoms with E-state index in [-0.39, 0.29) is 11.3 Å². The number of ether oxygens (including phenoxy) is 1. The first kappa shape index (κ1) is 16.1. The standard InChI is InChI=1S/C18H16FN3O2S/c19-14-4-2-1-3-13(14)16(23)15-9-11-10-20-18(22-17(11)25-15)21-12-5-7-24-8-6-12/h1-4,9-10,12H,5-8H2,(H,20,21,22). The molecule has 5 nitrogen and oxygen atoms in total. The SMILES string of the molecule is O=C(c1cc2cnc(NC3CCOCC3)nc2s1)c1ccccc1F. The Hall–Kier alpha value is -2.38. The van der Waals surface area contributed by atoms with Gasteiger partial charge in [0.1, 0.15) is 10.6 Å². The van der Waals surface area contributed by atoms with E-state index in [1.165, 1.54) is 23.5 Å². The van der Waals surface area contributed by atoms with Crippen LogP contribution in [0.4, 0.5) is 10.3 Å². The number of hydrogen-bond acceptors (Lipinski definition) is 6. The van der Waals surface area contributed by atoms with Gasteiger partial charge < -0.3 is 10.1 Å². The van der Waals surface area contributed by atoms with Gasteiger partial charge in [-0.15, -0.1) is 11.3 Å². The molecule has 0 bridgehead atoms. The predicted octanol–water partition coefficient (Wildman–Crippen LogP) is 3.65. The molecule has 128 valence electrons. The molecule has 0 saturated carbocycles. The van der Waals surface area contributed by atoms with Gasteiger partial charge in [-0.25, -0.2) is 14.4 Å². The van der Waals surface area contributed by atoms with Gasteiger partial charge >= 0.3 is 0 Å². The topological polar surface area (TPSA) is 64.1 Å². The third-order valence-corrected chi connectivity index (χ3v) is 5.21. The van der Waals surface area contributed by atoms with E-state index in [2.05, 4.69) is 15.3 Å². The third-order valence-electron chi connectivity index (χ3n) is 4.17. The maximum absolute atomic E-state index is 13.8. The van der Waals surface area contributed by atoms with Gasteiger partial charge in [0.2, 0.25) is 11.7 Å². The highest BCUT2D eigenvalue weighted by Gasteiger charge is 2.18. The molecule has 1 fully saturated rings. The minimum absolute atomic E-state index is 0.0718. The van der Waals surface area contributed by atoms with Gasteiger partial charge in [-0.05, 0) is 31.0 Å². The van der Waals surface area contributed by atoms with Crippen molar-refractivity contribution in [3.05, 3.63) is 52.8 Å². The Kier molecular flexibility index (Phi) is 4.42. The number of anilines is 1. The highest BCUT2D eigenvalue weighted by molar-refractivity contribution is 7.20. The Labute approximate surface area is 147 Å². The summed E-state index contributed by atoms with van der Waals surface area (Å²) in [5.41, 5.74) is 0.0718. The molecule has 0 aliphatic carbocycles. The number of hydrogen-bond donors (Lipinski definition) is 1. The fourth-order valence-electron chi connectivity index (χ4n) is 2.82. The molecule has 1 N–H and O–H groups in total. The summed E-state index contributed by atoms with van der Waals surface area (Å²) in [5.74, 6) is -0.302. The van der Waals surface area contributed by atoms with E-state index in [9.17, 15) is 9.18 Å². The summed E-state index contributed by atoms with van der Waals surface area (Å²) in [6.07, 6.45) is 3.53. The van der Waals surface area contributed by atoms with Crippen LogP contribution in [0.2, 0.25) is 0 Å². The van der Waals surface area contributed by atoms with Crippen molar-refractivity contribution in [3.8, 4) is 0 Å². The van der Waals surface area contributed by atoms with Crippen molar-refractivity contribution in [1.82, 2.24) is 9.97 Å². The number of ketones is 1. The van der Waals surface area contributed by atoms with Crippen molar-refractivity contribution in [2.45, 2.75) is 18.9 Å². The van der Waals surface area contributed by atoms with Crippen LogP contribution in [0.1, 0.15) is 28.1 Å². The molecule has 0 amide bonds. The molecule has 1 aliphatic rings. The van der Waals surface area contributed by atoms with Crippen LogP contribution in [0.5, 0.6) is 0 Å². The molecule has 4 rings (SSSR count). The number of rotatable bonds is 4. The molecule has 1 saturated heterocycles. The van der Waals surface area contributed by atoms with E-state index in [4.69, 9.17) is 4.74 Å². The maximum atomic E-state index is 13.8. The smallest absolute Gasteiger partial charge is 0.224 e. The average molecular weight is 357 g/mol. The highest BCUT2D eigenvalue weighted by Crippen LogP contribution is 2.27. The first-order valence-corrected chi connectivity index (χ1v) is 8.92. The fourth-order valence-corrected chi connectivity index (χ4v) is 3.77. The van der Waals surface area contributed by atoms with E-state index < -0.39 is 5.82 Å². The molecule has 25 heavy (non-hydrogen) atoms. The zero-order chi connectivity index (χ0) is 17.2. The van der Waals surface area contributed by atoms with Gasteiger partial charge in [-0.3, -0.25) is 4.79 Å². The Morgan fingerprint density at radius 2 is 2.08 bits per heavy atom. The summed E-state index contributed by atoms with van der Waals surface area (Å²) in [4.78, 5) is 22.5. The lowest BCUT2D eigenvalue weighted by molar-refractivity contribution is 0.0903. The van der Waals surface area contributed by atoms with E-state index >= 15 is 0 Å². The van der Waals surface area contributed by atoms with Crippen LogP contribution in [0.25, 0.3) is 10.2 Å². The Morgan fingerprint density at radius 3 is 2.88 bits per heavy atom. The number of fused-ring (bicyclic) bond motifs is 1. The molecule has 1 aliphatic heterocycles. The lowest BCUT2D eigenvalue weighted by Crippen LogP contribution is -2.28.